The molecule has 0 atom stereocenters. The van der Waals surface area contributed by atoms with Gasteiger partial charge < -0.3 is 4.42 Å². The van der Waals surface area contributed by atoms with Gasteiger partial charge in [0, 0.05) is 5.56 Å². The Morgan fingerprint density at radius 1 is 1.22 bits per heavy atom. The minimum atomic E-state index is -0.372. The van der Waals surface area contributed by atoms with Crippen molar-refractivity contribution in [3.63, 3.8) is 0 Å². The molecule has 3 aromatic heterocycles. The molecule has 0 amide bonds. The highest BCUT2D eigenvalue weighted by Gasteiger charge is 2.20. The van der Waals surface area contributed by atoms with Crippen LogP contribution in [-0.4, -0.2) is 20.5 Å². The number of thiazole rings is 1. The number of hydrogen-bond acceptors (Lipinski definition) is 6. The van der Waals surface area contributed by atoms with Gasteiger partial charge in [-0.1, -0.05) is 23.8 Å². The molecule has 6 nitrogen and oxygen atoms in total. The molecule has 136 valence electrons. The lowest BCUT2D eigenvalue weighted by Crippen LogP contribution is -2.27. The average Bonchev–Trinajstić information content (AvgIpc) is 3.27. The normalized spacial score (nSPS) is 11.2. The molecule has 27 heavy (non-hydrogen) atoms. The highest BCUT2D eigenvalue weighted by Crippen LogP contribution is 2.29. The lowest BCUT2D eigenvalue weighted by Gasteiger charge is -2.09. The Morgan fingerprint density at radius 2 is 2.04 bits per heavy atom. The molecule has 1 aromatic carbocycles. The van der Waals surface area contributed by atoms with Crippen molar-refractivity contribution in [1.82, 2.24) is 14.8 Å². The van der Waals surface area contributed by atoms with Gasteiger partial charge in [-0.3, -0.25) is 9.59 Å². The van der Waals surface area contributed by atoms with E-state index in [9.17, 15) is 9.59 Å². The van der Waals surface area contributed by atoms with E-state index in [0.29, 0.717) is 27.2 Å². The second kappa shape index (κ2) is 6.59. The molecule has 0 aliphatic rings. The summed E-state index contributed by atoms with van der Waals surface area (Å²) < 4.78 is 7.32. The van der Waals surface area contributed by atoms with Crippen LogP contribution in [0, 0.1) is 20.8 Å². The largest absolute Gasteiger partial charge is 0.463 e. The fourth-order valence-corrected chi connectivity index (χ4v) is 4.00. The minimum absolute atomic E-state index is 0.150. The van der Waals surface area contributed by atoms with E-state index >= 15 is 0 Å². The Bertz CT molecular complexity index is 1220. The molecular weight excluding hydrogens is 362 g/mol. The second-order valence-electron chi connectivity index (χ2n) is 6.44. The van der Waals surface area contributed by atoms with Gasteiger partial charge in [-0.2, -0.15) is 5.10 Å². The molecule has 0 spiro atoms. The fourth-order valence-electron chi connectivity index (χ4n) is 3.10. The van der Waals surface area contributed by atoms with Crippen molar-refractivity contribution in [2.45, 2.75) is 27.3 Å². The van der Waals surface area contributed by atoms with Crippen LogP contribution in [0.5, 0.6) is 0 Å². The number of rotatable bonds is 4. The van der Waals surface area contributed by atoms with E-state index in [4.69, 9.17) is 4.42 Å². The summed E-state index contributed by atoms with van der Waals surface area (Å²) in [6.45, 7) is 5.54. The van der Waals surface area contributed by atoms with E-state index in [1.807, 2.05) is 32.9 Å². The number of carbonyl (C=O) groups is 1. The highest BCUT2D eigenvalue weighted by atomic mass is 32.1. The van der Waals surface area contributed by atoms with E-state index < -0.39 is 0 Å². The van der Waals surface area contributed by atoms with Crippen LogP contribution in [0.1, 0.15) is 26.5 Å². The number of Topliss-reactive ketones (excluding diaryl/α,β-unsaturated/α-hetero) is 1. The molecule has 0 saturated heterocycles. The minimum Gasteiger partial charge on any atom is -0.463 e. The summed E-state index contributed by atoms with van der Waals surface area (Å²) in [5.74, 6) is 0.371. The molecule has 7 heteroatoms. The SMILES string of the molecule is Cc1ccc(C(=O)Cn2nc(-c3ccco3)c3sc(C)nc3c2=O)c(C)c1. The molecule has 4 aromatic rings. The van der Waals surface area contributed by atoms with E-state index in [1.54, 1.807) is 24.5 Å². The summed E-state index contributed by atoms with van der Waals surface area (Å²) in [4.78, 5) is 30.0. The maximum atomic E-state index is 12.8. The first-order valence-corrected chi connectivity index (χ1v) is 9.28. The first-order chi connectivity index (χ1) is 12.9. The quantitative estimate of drug-likeness (QED) is 0.502. The summed E-state index contributed by atoms with van der Waals surface area (Å²) in [6.07, 6.45) is 1.55. The van der Waals surface area contributed by atoms with Crippen molar-refractivity contribution in [1.29, 1.82) is 0 Å². The van der Waals surface area contributed by atoms with Crippen LogP contribution < -0.4 is 5.56 Å². The van der Waals surface area contributed by atoms with Gasteiger partial charge in [0.15, 0.2) is 17.1 Å². The van der Waals surface area contributed by atoms with E-state index in [1.165, 1.54) is 16.0 Å². The number of furan rings is 1. The molecule has 0 bridgehead atoms. The molecule has 4 rings (SSSR count). The number of nitrogens with zero attached hydrogens (tertiary/aromatic N) is 3. The number of benzene rings is 1. The van der Waals surface area contributed by atoms with E-state index in [0.717, 1.165) is 16.1 Å². The van der Waals surface area contributed by atoms with E-state index in [2.05, 4.69) is 10.1 Å². The van der Waals surface area contributed by atoms with Crippen LogP contribution in [-0.2, 0) is 6.54 Å². The molecule has 0 aliphatic carbocycles. The lowest BCUT2D eigenvalue weighted by atomic mass is 10.0. The topological polar surface area (TPSA) is 78.0 Å². The standard InChI is InChI=1S/C20H17N3O3S/c1-11-6-7-14(12(2)9-11)15(24)10-23-20(25)18-19(27-13(3)21-18)17(22-23)16-5-4-8-26-16/h4-9H,10H2,1-3H3. The first-order valence-electron chi connectivity index (χ1n) is 8.46. The third-order valence-corrected chi connectivity index (χ3v) is 5.31. The third-order valence-electron chi connectivity index (χ3n) is 4.34. The monoisotopic (exact) mass is 379 g/mol. The number of carbonyl (C=O) groups excluding carboxylic acids is 1. The van der Waals surface area contributed by atoms with Crippen LogP contribution >= 0.6 is 11.3 Å². The second-order valence-corrected chi connectivity index (χ2v) is 7.64. The summed E-state index contributed by atoms with van der Waals surface area (Å²) in [6, 6.07) is 9.16. The smallest absolute Gasteiger partial charge is 0.294 e. The molecule has 0 aliphatic heterocycles. The highest BCUT2D eigenvalue weighted by molar-refractivity contribution is 7.19. The van der Waals surface area contributed by atoms with Crippen LogP contribution in [0.25, 0.3) is 21.7 Å². The number of fused-ring (bicyclic) bond motifs is 1. The predicted octanol–water partition coefficient (Wildman–Crippen LogP) is 3.92. The number of ketones is 1. The Balaban J connectivity index is 1.83. The maximum absolute atomic E-state index is 12.8. The van der Waals surface area contributed by atoms with Crippen molar-refractivity contribution in [3.8, 4) is 11.5 Å². The van der Waals surface area contributed by atoms with Gasteiger partial charge in [0.05, 0.1) is 16.0 Å². The fraction of sp³-hybridized carbons (Fsp3) is 0.200. The first kappa shape index (κ1) is 17.4. The predicted molar refractivity (Wildman–Crippen MR) is 104 cm³/mol. The number of aromatic nitrogens is 3. The van der Waals surface area contributed by atoms with Crippen LogP contribution in [0.15, 0.2) is 45.8 Å². The van der Waals surface area contributed by atoms with Gasteiger partial charge in [-0.05, 0) is 38.5 Å². The molecule has 0 unspecified atom stereocenters. The Labute approximate surface area is 159 Å². The molecule has 0 fully saturated rings. The summed E-state index contributed by atoms with van der Waals surface area (Å²) in [5.41, 5.74) is 3.01. The summed E-state index contributed by atoms with van der Waals surface area (Å²) in [5, 5.41) is 5.19. The number of aryl methyl sites for hydroxylation is 3. The molecule has 0 N–H and O–H groups in total. The summed E-state index contributed by atoms with van der Waals surface area (Å²) >= 11 is 1.39. The Kier molecular flexibility index (Phi) is 4.24. The molecule has 0 radical (unpaired) electrons. The van der Waals surface area contributed by atoms with Crippen LogP contribution in [0.2, 0.25) is 0 Å². The molecular formula is C20H17N3O3S. The summed E-state index contributed by atoms with van der Waals surface area (Å²) in [7, 11) is 0. The molecule has 0 saturated carbocycles. The Morgan fingerprint density at radius 3 is 2.74 bits per heavy atom. The van der Waals surface area contributed by atoms with Gasteiger partial charge in [0.1, 0.15) is 12.2 Å². The van der Waals surface area contributed by atoms with Crippen molar-refractivity contribution in [3.05, 3.63) is 68.6 Å². The van der Waals surface area contributed by atoms with Crippen molar-refractivity contribution < 1.29 is 9.21 Å². The van der Waals surface area contributed by atoms with Crippen LogP contribution in [0.3, 0.4) is 0 Å². The van der Waals surface area contributed by atoms with Crippen molar-refractivity contribution >= 4 is 27.3 Å². The van der Waals surface area contributed by atoms with Crippen molar-refractivity contribution in [2.24, 2.45) is 0 Å². The Hall–Kier alpha value is -3.06. The zero-order valence-corrected chi connectivity index (χ0v) is 16.0. The zero-order chi connectivity index (χ0) is 19.1. The van der Waals surface area contributed by atoms with Crippen molar-refractivity contribution in [2.75, 3.05) is 0 Å². The number of hydrogen-bond donors (Lipinski definition) is 0. The van der Waals surface area contributed by atoms with Gasteiger partial charge >= 0.3 is 0 Å². The van der Waals surface area contributed by atoms with Gasteiger partial charge in [0.25, 0.3) is 5.56 Å². The lowest BCUT2D eigenvalue weighted by molar-refractivity contribution is 0.0965. The van der Waals surface area contributed by atoms with Gasteiger partial charge in [0.2, 0.25) is 0 Å². The molecule has 3 heterocycles. The van der Waals surface area contributed by atoms with E-state index in [-0.39, 0.29) is 17.9 Å². The van der Waals surface area contributed by atoms with Crippen LogP contribution in [0.4, 0.5) is 0 Å². The van der Waals surface area contributed by atoms with Gasteiger partial charge in [-0.25, -0.2) is 9.67 Å². The maximum Gasteiger partial charge on any atom is 0.294 e. The van der Waals surface area contributed by atoms with Gasteiger partial charge in [-0.15, -0.1) is 11.3 Å². The third kappa shape index (κ3) is 3.10. The zero-order valence-electron chi connectivity index (χ0n) is 15.1. The average molecular weight is 379 g/mol.